The standard InChI is InChI=1S/C7H13N5O2.ClH/c1-2-9-3-4-10-7(13)5-6(8)12-14-11-5;/h9H,2-4H2,1H3,(H2,8,12)(H,10,13);1H. The van der Waals surface area contributed by atoms with E-state index in [0.29, 0.717) is 13.1 Å². The van der Waals surface area contributed by atoms with Gasteiger partial charge in [0.2, 0.25) is 11.5 Å². The number of hydrogen-bond acceptors (Lipinski definition) is 6. The van der Waals surface area contributed by atoms with Crippen molar-refractivity contribution >= 4 is 24.1 Å². The van der Waals surface area contributed by atoms with Crippen LogP contribution in [0.2, 0.25) is 0 Å². The number of carbonyl (C=O) groups is 1. The fourth-order valence-corrected chi connectivity index (χ4v) is 0.878. The van der Waals surface area contributed by atoms with Gasteiger partial charge in [0.1, 0.15) is 0 Å². The zero-order valence-electron chi connectivity index (χ0n) is 8.32. The molecular formula is C7H14ClN5O2. The lowest BCUT2D eigenvalue weighted by atomic mass is 10.4. The topological polar surface area (TPSA) is 106 Å². The Labute approximate surface area is 93.1 Å². The average Bonchev–Trinajstić information content (AvgIpc) is 2.59. The number of nitrogens with one attached hydrogen (secondary N) is 2. The molecule has 1 heterocycles. The predicted octanol–water partition coefficient (Wildman–Crippen LogP) is -0.587. The van der Waals surface area contributed by atoms with Crippen molar-refractivity contribution < 1.29 is 9.42 Å². The van der Waals surface area contributed by atoms with Crippen LogP contribution in [0.15, 0.2) is 4.63 Å². The minimum Gasteiger partial charge on any atom is -0.379 e. The summed E-state index contributed by atoms with van der Waals surface area (Å²) in [6.07, 6.45) is 0. The van der Waals surface area contributed by atoms with Crippen LogP contribution in [0, 0.1) is 0 Å². The van der Waals surface area contributed by atoms with Gasteiger partial charge in [0.15, 0.2) is 0 Å². The lowest BCUT2D eigenvalue weighted by Gasteiger charge is -2.02. The van der Waals surface area contributed by atoms with Crippen molar-refractivity contribution in [3.8, 4) is 0 Å². The Kier molecular flexibility index (Phi) is 6.39. The fourth-order valence-electron chi connectivity index (χ4n) is 0.878. The van der Waals surface area contributed by atoms with Crippen LogP contribution >= 0.6 is 12.4 Å². The molecule has 0 atom stereocenters. The maximum Gasteiger partial charge on any atom is 0.277 e. The maximum atomic E-state index is 11.3. The number of aromatic nitrogens is 2. The van der Waals surface area contributed by atoms with Crippen LogP contribution in [0.25, 0.3) is 0 Å². The Morgan fingerprint density at radius 3 is 2.73 bits per heavy atom. The lowest BCUT2D eigenvalue weighted by Crippen LogP contribution is -2.32. The van der Waals surface area contributed by atoms with Gasteiger partial charge in [-0.3, -0.25) is 4.79 Å². The largest absolute Gasteiger partial charge is 0.379 e. The first-order valence-electron chi connectivity index (χ1n) is 4.32. The van der Waals surface area contributed by atoms with Gasteiger partial charge in [0.25, 0.3) is 5.91 Å². The van der Waals surface area contributed by atoms with Gasteiger partial charge < -0.3 is 16.4 Å². The summed E-state index contributed by atoms with van der Waals surface area (Å²) < 4.78 is 4.29. The molecule has 86 valence electrons. The van der Waals surface area contributed by atoms with Crippen LogP contribution < -0.4 is 16.4 Å². The summed E-state index contributed by atoms with van der Waals surface area (Å²) in [7, 11) is 0. The molecule has 4 N–H and O–H groups in total. The molecule has 0 radical (unpaired) electrons. The van der Waals surface area contributed by atoms with Crippen LogP contribution in [0.3, 0.4) is 0 Å². The summed E-state index contributed by atoms with van der Waals surface area (Å²) in [5, 5.41) is 12.3. The number of nitrogens with zero attached hydrogens (tertiary/aromatic N) is 2. The molecule has 0 aliphatic heterocycles. The smallest absolute Gasteiger partial charge is 0.277 e. The zero-order chi connectivity index (χ0) is 10.4. The number of hydrogen-bond donors (Lipinski definition) is 3. The van der Waals surface area contributed by atoms with Crippen molar-refractivity contribution in [2.75, 3.05) is 25.4 Å². The average molecular weight is 236 g/mol. The van der Waals surface area contributed by atoms with Crippen molar-refractivity contribution in [3.05, 3.63) is 5.69 Å². The molecular weight excluding hydrogens is 222 g/mol. The highest BCUT2D eigenvalue weighted by Crippen LogP contribution is 2.02. The van der Waals surface area contributed by atoms with Gasteiger partial charge in [-0.25, -0.2) is 4.63 Å². The van der Waals surface area contributed by atoms with Crippen LogP contribution in [0.4, 0.5) is 5.82 Å². The number of carbonyl (C=O) groups excluding carboxylic acids is 1. The molecule has 0 spiro atoms. The molecule has 0 aromatic carbocycles. The van der Waals surface area contributed by atoms with Crippen molar-refractivity contribution in [2.45, 2.75) is 6.92 Å². The van der Waals surface area contributed by atoms with Gasteiger partial charge in [-0.05, 0) is 16.9 Å². The van der Waals surface area contributed by atoms with E-state index in [1.54, 1.807) is 0 Å². The highest BCUT2D eigenvalue weighted by Gasteiger charge is 2.14. The van der Waals surface area contributed by atoms with E-state index < -0.39 is 0 Å². The molecule has 0 saturated heterocycles. The minimum absolute atomic E-state index is 0. The Morgan fingerprint density at radius 2 is 2.20 bits per heavy atom. The highest BCUT2D eigenvalue weighted by molar-refractivity contribution is 5.95. The molecule has 0 bridgehead atoms. The Bertz CT molecular complexity index is 303. The van der Waals surface area contributed by atoms with Crippen LogP contribution in [-0.4, -0.2) is 35.9 Å². The van der Waals surface area contributed by atoms with E-state index in [1.165, 1.54) is 0 Å². The second kappa shape index (κ2) is 7.02. The highest BCUT2D eigenvalue weighted by atomic mass is 35.5. The van der Waals surface area contributed by atoms with Gasteiger partial charge in [-0.2, -0.15) is 0 Å². The first-order chi connectivity index (χ1) is 6.75. The quantitative estimate of drug-likeness (QED) is 0.589. The molecule has 0 aliphatic rings. The molecule has 8 heteroatoms. The van der Waals surface area contributed by atoms with Crippen molar-refractivity contribution in [1.82, 2.24) is 20.9 Å². The predicted molar refractivity (Wildman–Crippen MR) is 56.8 cm³/mol. The molecule has 0 fully saturated rings. The minimum atomic E-state index is -0.373. The summed E-state index contributed by atoms with van der Waals surface area (Å²) in [4.78, 5) is 11.3. The Hall–Kier alpha value is -1.34. The van der Waals surface area contributed by atoms with Gasteiger partial charge >= 0.3 is 0 Å². The van der Waals surface area contributed by atoms with Gasteiger partial charge in [-0.1, -0.05) is 6.92 Å². The van der Waals surface area contributed by atoms with Gasteiger partial charge in [-0.15, -0.1) is 12.4 Å². The molecule has 15 heavy (non-hydrogen) atoms. The fraction of sp³-hybridized carbons (Fsp3) is 0.571. The molecule has 1 aromatic heterocycles. The third kappa shape index (κ3) is 4.13. The Morgan fingerprint density at radius 1 is 1.47 bits per heavy atom. The zero-order valence-corrected chi connectivity index (χ0v) is 9.13. The molecule has 7 nitrogen and oxygen atoms in total. The van der Waals surface area contributed by atoms with E-state index >= 15 is 0 Å². The number of rotatable bonds is 5. The number of halogens is 1. The van der Waals surface area contributed by atoms with Gasteiger partial charge in [0, 0.05) is 13.1 Å². The SMILES string of the molecule is CCNCCNC(=O)c1nonc1N.Cl. The summed E-state index contributed by atoms with van der Waals surface area (Å²) in [5.74, 6) is -0.368. The van der Waals surface area contributed by atoms with Gasteiger partial charge in [0.05, 0.1) is 0 Å². The van der Waals surface area contributed by atoms with E-state index in [0.717, 1.165) is 6.54 Å². The third-order valence-corrected chi connectivity index (χ3v) is 1.57. The van der Waals surface area contributed by atoms with Crippen LogP contribution in [0.1, 0.15) is 17.4 Å². The first-order valence-corrected chi connectivity index (χ1v) is 4.32. The maximum absolute atomic E-state index is 11.3. The first kappa shape index (κ1) is 13.7. The monoisotopic (exact) mass is 235 g/mol. The molecule has 0 aliphatic carbocycles. The van der Waals surface area contributed by atoms with Crippen molar-refractivity contribution in [3.63, 3.8) is 0 Å². The van der Waals surface area contributed by atoms with Crippen molar-refractivity contribution in [1.29, 1.82) is 0 Å². The van der Waals surface area contributed by atoms with E-state index in [-0.39, 0.29) is 29.8 Å². The summed E-state index contributed by atoms with van der Waals surface area (Å²) >= 11 is 0. The number of anilines is 1. The van der Waals surface area contributed by atoms with E-state index in [9.17, 15) is 4.79 Å². The third-order valence-electron chi connectivity index (χ3n) is 1.57. The molecule has 1 amide bonds. The number of nitrogen functional groups attached to an aromatic ring is 1. The Balaban J connectivity index is 0.00000196. The van der Waals surface area contributed by atoms with E-state index in [2.05, 4.69) is 25.6 Å². The van der Waals surface area contributed by atoms with Crippen LogP contribution in [-0.2, 0) is 0 Å². The molecule has 1 aromatic rings. The number of amides is 1. The number of nitrogens with two attached hydrogens (primary N) is 1. The van der Waals surface area contributed by atoms with E-state index in [1.807, 2.05) is 6.92 Å². The lowest BCUT2D eigenvalue weighted by molar-refractivity contribution is 0.0944. The second-order valence-corrected chi connectivity index (χ2v) is 2.61. The molecule has 0 unspecified atom stereocenters. The summed E-state index contributed by atoms with van der Waals surface area (Å²) in [6, 6.07) is 0. The van der Waals surface area contributed by atoms with Crippen molar-refractivity contribution in [2.24, 2.45) is 0 Å². The van der Waals surface area contributed by atoms with Crippen LogP contribution in [0.5, 0.6) is 0 Å². The molecule has 1 rings (SSSR count). The summed E-state index contributed by atoms with van der Waals surface area (Å²) in [6.45, 7) is 4.07. The summed E-state index contributed by atoms with van der Waals surface area (Å²) in [5.41, 5.74) is 5.36. The normalized spacial score (nSPS) is 9.40. The molecule has 0 saturated carbocycles. The van der Waals surface area contributed by atoms with E-state index in [4.69, 9.17) is 5.73 Å². The second-order valence-electron chi connectivity index (χ2n) is 2.61. The number of likely N-dealkylation sites (N-methyl/N-ethyl adjacent to an activating group) is 1.